The van der Waals surface area contributed by atoms with Crippen molar-refractivity contribution < 1.29 is 0 Å². The van der Waals surface area contributed by atoms with Crippen LogP contribution >= 0.6 is 11.3 Å². The minimum Gasteiger partial charge on any atom is -0.357 e. The first-order chi connectivity index (χ1) is 11.2. The van der Waals surface area contributed by atoms with Crippen molar-refractivity contribution >= 4 is 17.3 Å². The van der Waals surface area contributed by atoms with Gasteiger partial charge in [-0.1, -0.05) is 6.92 Å². The number of aliphatic imine (C=N–C) groups is 1. The summed E-state index contributed by atoms with van der Waals surface area (Å²) in [5.74, 6) is 0.922. The van der Waals surface area contributed by atoms with E-state index in [2.05, 4.69) is 58.3 Å². The second-order valence-electron chi connectivity index (χ2n) is 5.91. The average Bonchev–Trinajstić information content (AvgIpc) is 2.99. The highest BCUT2D eigenvalue weighted by Gasteiger charge is 2.14. The summed E-state index contributed by atoms with van der Waals surface area (Å²) in [4.78, 5) is 12.4. The minimum atomic E-state index is 0.753. The molecule has 0 saturated carbocycles. The third kappa shape index (κ3) is 6.49. The molecule has 1 aliphatic rings. The van der Waals surface area contributed by atoms with Crippen LogP contribution in [0.1, 0.15) is 23.6 Å². The van der Waals surface area contributed by atoms with Crippen molar-refractivity contribution in [1.82, 2.24) is 20.4 Å². The highest BCUT2D eigenvalue weighted by atomic mass is 32.1. The predicted octanol–water partition coefficient (Wildman–Crippen LogP) is 1.75. The molecule has 2 heterocycles. The fraction of sp³-hybridized carbons (Fsp3) is 0.706. The summed E-state index contributed by atoms with van der Waals surface area (Å²) in [5.41, 5.74) is 0. The Morgan fingerprint density at radius 3 is 2.48 bits per heavy atom. The number of likely N-dealkylation sites (N-methyl/N-ethyl adjacent to an activating group) is 1. The maximum absolute atomic E-state index is 4.68. The van der Waals surface area contributed by atoms with Gasteiger partial charge in [0.25, 0.3) is 0 Å². The van der Waals surface area contributed by atoms with Gasteiger partial charge in [-0.3, -0.25) is 4.90 Å². The SMILES string of the molecule is CCNC(=NCc1ccc(C)s1)NCCN1CCN(CC)CC1. The third-order valence-corrected chi connectivity index (χ3v) is 5.15. The minimum absolute atomic E-state index is 0.753. The van der Waals surface area contributed by atoms with Crippen molar-refractivity contribution in [2.75, 3.05) is 52.4 Å². The molecule has 0 spiro atoms. The predicted molar refractivity (Wildman–Crippen MR) is 100 cm³/mol. The van der Waals surface area contributed by atoms with E-state index in [-0.39, 0.29) is 0 Å². The zero-order valence-corrected chi connectivity index (χ0v) is 15.6. The third-order valence-electron chi connectivity index (χ3n) is 4.17. The van der Waals surface area contributed by atoms with Crippen molar-refractivity contribution in [2.24, 2.45) is 4.99 Å². The number of hydrogen-bond acceptors (Lipinski definition) is 4. The van der Waals surface area contributed by atoms with E-state index in [0.717, 1.165) is 32.1 Å². The lowest BCUT2D eigenvalue weighted by Crippen LogP contribution is -2.49. The van der Waals surface area contributed by atoms with Crippen molar-refractivity contribution in [1.29, 1.82) is 0 Å². The molecule has 0 atom stereocenters. The summed E-state index contributed by atoms with van der Waals surface area (Å²) in [6.45, 7) is 16.1. The molecular formula is C17H31N5S. The van der Waals surface area contributed by atoms with Gasteiger partial charge in [0.1, 0.15) is 0 Å². The van der Waals surface area contributed by atoms with Crippen LogP contribution < -0.4 is 10.6 Å². The fourth-order valence-electron chi connectivity index (χ4n) is 2.73. The maximum atomic E-state index is 4.68. The molecule has 0 aliphatic carbocycles. The van der Waals surface area contributed by atoms with Crippen molar-refractivity contribution in [3.63, 3.8) is 0 Å². The summed E-state index contributed by atoms with van der Waals surface area (Å²) >= 11 is 1.82. The van der Waals surface area contributed by atoms with Crippen LogP contribution in [0.3, 0.4) is 0 Å². The van der Waals surface area contributed by atoms with E-state index in [1.165, 1.54) is 42.5 Å². The van der Waals surface area contributed by atoms with Crippen LogP contribution in [0.2, 0.25) is 0 Å². The molecule has 1 saturated heterocycles. The Hall–Kier alpha value is -1.11. The van der Waals surface area contributed by atoms with Gasteiger partial charge in [0, 0.05) is 55.6 Å². The topological polar surface area (TPSA) is 42.9 Å². The van der Waals surface area contributed by atoms with E-state index < -0.39 is 0 Å². The molecule has 6 heteroatoms. The van der Waals surface area contributed by atoms with Crippen LogP contribution in [0.4, 0.5) is 0 Å². The maximum Gasteiger partial charge on any atom is 0.191 e. The number of thiophene rings is 1. The smallest absolute Gasteiger partial charge is 0.191 e. The first-order valence-corrected chi connectivity index (χ1v) is 9.55. The average molecular weight is 338 g/mol. The van der Waals surface area contributed by atoms with E-state index in [4.69, 9.17) is 0 Å². The molecule has 0 radical (unpaired) electrons. The zero-order valence-electron chi connectivity index (χ0n) is 14.8. The highest BCUT2D eigenvalue weighted by Crippen LogP contribution is 2.15. The van der Waals surface area contributed by atoms with E-state index in [0.29, 0.717) is 0 Å². The Bertz CT molecular complexity index is 477. The van der Waals surface area contributed by atoms with Gasteiger partial charge in [0.05, 0.1) is 6.54 Å². The Balaban J connectivity index is 1.71. The summed E-state index contributed by atoms with van der Waals surface area (Å²) in [5, 5.41) is 6.79. The molecule has 1 aromatic heterocycles. The molecule has 0 unspecified atom stereocenters. The Kier molecular flexibility index (Phi) is 7.85. The lowest BCUT2D eigenvalue weighted by molar-refractivity contribution is 0.139. The second kappa shape index (κ2) is 9.90. The lowest BCUT2D eigenvalue weighted by atomic mass is 10.3. The van der Waals surface area contributed by atoms with Crippen molar-refractivity contribution in [3.8, 4) is 0 Å². The van der Waals surface area contributed by atoms with Crippen LogP contribution in [-0.4, -0.2) is 68.1 Å². The molecule has 23 heavy (non-hydrogen) atoms. The van der Waals surface area contributed by atoms with Gasteiger partial charge < -0.3 is 15.5 Å². The van der Waals surface area contributed by atoms with E-state index >= 15 is 0 Å². The normalized spacial score (nSPS) is 17.4. The highest BCUT2D eigenvalue weighted by molar-refractivity contribution is 7.11. The van der Waals surface area contributed by atoms with Gasteiger partial charge in [0.2, 0.25) is 0 Å². The molecular weight excluding hydrogens is 306 g/mol. The summed E-state index contributed by atoms with van der Waals surface area (Å²) in [6, 6.07) is 4.33. The number of piperazine rings is 1. The van der Waals surface area contributed by atoms with Crippen molar-refractivity contribution in [2.45, 2.75) is 27.3 Å². The quantitative estimate of drug-likeness (QED) is 0.588. The number of guanidine groups is 1. The van der Waals surface area contributed by atoms with E-state index in [1.807, 2.05) is 11.3 Å². The molecule has 2 N–H and O–H groups in total. The largest absolute Gasteiger partial charge is 0.357 e. The van der Waals surface area contributed by atoms with Gasteiger partial charge in [-0.2, -0.15) is 0 Å². The first-order valence-electron chi connectivity index (χ1n) is 8.73. The number of aryl methyl sites for hydroxylation is 1. The molecule has 0 aromatic carbocycles. The van der Waals surface area contributed by atoms with Crippen LogP contribution in [0.15, 0.2) is 17.1 Å². The standard InChI is InChI=1S/C17H31N5S/c1-4-18-17(20-14-16-7-6-15(3)23-16)19-8-9-22-12-10-21(5-2)11-13-22/h6-7H,4-5,8-14H2,1-3H3,(H2,18,19,20). The molecule has 1 aromatic rings. The molecule has 130 valence electrons. The van der Waals surface area contributed by atoms with Gasteiger partial charge >= 0.3 is 0 Å². The zero-order chi connectivity index (χ0) is 16.5. The first kappa shape index (κ1) is 18.2. The molecule has 1 aliphatic heterocycles. The summed E-state index contributed by atoms with van der Waals surface area (Å²) < 4.78 is 0. The molecule has 1 fully saturated rings. The monoisotopic (exact) mass is 337 g/mol. The molecule has 2 rings (SSSR count). The molecule has 0 bridgehead atoms. The Labute approximate surface area is 144 Å². The van der Waals surface area contributed by atoms with Crippen LogP contribution in [0.25, 0.3) is 0 Å². The number of rotatable bonds is 7. The van der Waals surface area contributed by atoms with Gasteiger partial charge in [-0.15, -0.1) is 11.3 Å². The van der Waals surface area contributed by atoms with Crippen LogP contribution in [-0.2, 0) is 6.54 Å². The van der Waals surface area contributed by atoms with Gasteiger partial charge in [0.15, 0.2) is 5.96 Å². The summed E-state index contributed by atoms with van der Waals surface area (Å²) in [7, 11) is 0. The van der Waals surface area contributed by atoms with Gasteiger partial charge in [-0.05, 0) is 32.5 Å². The van der Waals surface area contributed by atoms with Crippen LogP contribution in [0, 0.1) is 6.92 Å². The van der Waals surface area contributed by atoms with Crippen LogP contribution in [0.5, 0.6) is 0 Å². The Morgan fingerprint density at radius 2 is 1.87 bits per heavy atom. The molecule has 0 amide bonds. The van der Waals surface area contributed by atoms with E-state index in [9.17, 15) is 0 Å². The number of nitrogens with one attached hydrogen (secondary N) is 2. The van der Waals surface area contributed by atoms with Crippen molar-refractivity contribution in [3.05, 3.63) is 21.9 Å². The van der Waals surface area contributed by atoms with Gasteiger partial charge in [-0.25, -0.2) is 4.99 Å². The fourth-order valence-corrected chi connectivity index (χ4v) is 3.55. The lowest BCUT2D eigenvalue weighted by Gasteiger charge is -2.34. The number of hydrogen-bond donors (Lipinski definition) is 2. The molecule has 5 nitrogen and oxygen atoms in total. The van der Waals surface area contributed by atoms with E-state index in [1.54, 1.807) is 0 Å². The second-order valence-corrected chi connectivity index (χ2v) is 7.28. The summed E-state index contributed by atoms with van der Waals surface area (Å²) in [6.07, 6.45) is 0. The Morgan fingerprint density at radius 1 is 1.13 bits per heavy atom. The number of nitrogens with zero attached hydrogens (tertiary/aromatic N) is 3.